The van der Waals surface area contributed by atoms with Crippen LogP contribution < -0.4 is 5.32 Å². The van der Waals surface area contributed by atoms with E-state index in [4.69, 9.17) is 0 Å². The average molecular weight is 445 g/mol. The summed E-state index contributed by atoms with van der Waals surface area (Å²) in [7, 11) is 0. The van der Waals surface area contributed by atoms with E-state index in [-0.39, 0.29) is 37.3 Å². The van der Waals surface area contributed by atoms with Crippen molar-refractivity contribution < 1.29 is 13.2 Å². The first-order valence-electron chi connectivity index (χ1n) is 9.45. The van der Waals surface area contributed by atoms with Crippen molar-refractivity contribution in [1.82, 2.24) is 10.2 Å². The highest BCUT2D eigenvalue weighted by molar-refractivity contribution is 6.02. The minimum Gasteiger partial charge on any atom is -0.314 e. The SMILES string of the molecule is Cl.Cl.FC(F)(F)CC[C@H](c1c2ccccc2cc2ccccc12)N1CCNCC1. The molecule has 0 amide bonds. The van der Waals surface area contributed by atoms with E-state index in [0.29, 0.717) is 0 Å². The van der Waals surface area contributed by atoms with Crippen LogP contribution in [0.25, 0.3) is 21.5 Å². The molecule has 0 aliphatic carbocycles. The summed E-state index contributed by atoms with van der Waals surface area (Å²) >= 11 is 0. The molecule has 158 valence electrons. The van der Waals surface area contributed by atoms with Crippen LogP contribution >= 0.6 is 24.8 Å². The highest BCUT2D eigenvalue weighted by atomic mass is 35.5. The van der Waals surface area contributed by atoms with E-state index in [2.05, 4.69) is 16.3 Å². The maximum absolute atomic E-state index is 13.1. The first-order valence-corrected chi connectivity index (χ1v) is 9.45. The minimum absolute atomic E-state index is 0. The van der Waals surface area contributed by atoms with Crippen molar-refractivity contribution in [2.24, 2.45) is 0 Å². The van der Waals surface area contributed by atoms with Crippen LogP contribution in [0.5, 0.6) is 0 Å². The Morgan fingerprint density at radius 2 is 1.38 bits per heavy atom. The molecule has 1 fully saturated rings. The number of hydrogen-bond donors (Lipinski definition) is 1. The molecule has 1 heterocycles. The second kappa shape index (κ2) is 9.98. The van der Waals surface area contributed by atoms with Gasteiger partial charge in [-0.25, -0.2) is 0 Å². The van der Waals surface area contributed by atoms with Crippen molar-refractivity contribution in [1.29, 1.82) is 0 Å². The Kier molecular flexibility index (Phi) is 8.18. The lowest BCUT2D eigenvalue weighted by Crippen LogP contribution is -2.45. The van der Waals surface area contributed by atoms with Crippen molar-refractivity contribution in [3.8, 4) is 0 Å². The Labute approximate surface area is 181 Å². The Balaban J connectivity index is 0.00000150. The molecule has 7 heteroatoms. The molecule has 0 radical (unpaired) electrons. The van der Waals surface area contributed by atoms with Crippen LogP contribution in [-0.2, 0) is 0 Å². The Morgan fingerprint density at radius 1 is 0.862 bits per heavy atom. The topological polar surface area (TPSA) is 15.3 Å². The van der Waals surface area contributed by atoms with Crippen LogP contribution in [0.15, 0.2) is 54.6 Å². The van der Waals surface area contributed by atoms with Crippen LogP contribution in [0.1, 0.15) is 24.4 Å². The number of alkyl halides is 3. The summed E-state index contributed by atoms with van der Waals surface area (Å²) in [6, 6.07) is 18.0. The third kappa shape index (κ3) is 5.34. The third-order valence-electron chi connectivity index (χ3n) is 5.44. The third-order valence-corrected chi connectivity index (χ3v) is 5.44. The van der Waals surface area contributed by atoms with Crippen LogP contribution in [0.4, 0.5) is 13.2 Å². The normalized spacial score (nSPS) is 16.2. The molecule has 1 N–H and O–H groups in total. The highest BCUT2D eigenvalue weighted by Gasteiger charge is 2.32. The molecule has 2 nitrogen and oxygen atoms in total. The fourth-order valence-electron chi connectivity index (χ4n) is 4.21. The van der Waals surface area contributed by atoms with Gasteiger partial charge in [0.15, 0.2) is 0 Å². The van der Waals surface area contributed by atoms with E-state index >= 15 is 0 Å². The molecule has 1 saturated heterocycles. The number of benzene rings is 3. The first kappa shape index (κ1) is 23.7. The van der Waals surface area contributed by atoms with Gasteiger partial charge in [0, 0.05) is 38.6 Å². The summed E-state index contributed by atoms with van der Waals surface area (Å²) in [5.41, 5.74) is 1.04. The predicted molar refractivity (Wildman–Crippen MR) is 118 cm³/mol. The van der Waals surface area contributed by atoms with E-state index in [0.717, 1.165) is 53.3 Å². The van der Waals surface area contributed by atoms with Gasteiger partial charge < -0.3 is 5.32 Å². The largest absolute Gasteiger partial charge is 0.389 e. The Hall–Kier alpha value is -1.53. The molecule has 0 bridgehead atoms. The summed E-state index contributed by atoms with van der Waals surface area (Å²) in [6.45, 7) is 3.15. The number of piperazine rings is 1. The van der Waals surface area contributed by atoms with Gasteiger partial charge in [0.2, 0.25) is 0 Å². The second-order valence-corrected chi connectivity index (χ2v) is 7.19. The smallest absolute Gasteiger partial charge is 0.314 e. The molecular weight excluding hydrogens is 420 g/mol. The van der Waals surface area contributed by atoms with Gasteiger partial charge in [0.25, 0.3) is 0 Å². The van der Waals surface area contributed by atoms with E-state index in [1.807, 2.05) is 48.5 Å². The zero-order valence-electron chi connectivity index (χ0n) is 15.9. The number of nitrogens with one attached hydrogen (secondary N) is 1. The summed E-state index contributed by atoms with van der Waals surface area (Å²) < 4.78 is 39.3. The van der Waals surface area contributed by atoms with Crippen molar-refractivity contribution in [3.63, 3.8) is 0 Å². The van der Waals surface area contributed by atoms with Crippen LogP contribution in [-0.4, -0.2) is 37.3 Å². The lowest BCUT2D eigenvalue weighted by atomic mass is 9.89. The van der Waals surface area contributed by atoms with Crippen molar-refractivity contribution >= 4 is 46.4 Å². The molecule has 3 aromatic carbocycles. The van der Waals surface area contributed by atoms with Crippen LogP contribution in [0.2, 0.25) is 0 Å². The molecule has 0 aromatic heterocycles. The summed E-state index contributed by atoms with van der Waals surface area (Å²) in [5, 5.41) is 7.58. The molecule has 1 aliphatic heterocycles. The van der Waals surface area contributed by atoms with Gasteiger partial charge in [-0.05, 0) is 39.6 Å². The van der Waals surface area contributed by atoms with E-state index in [9.17, 15) is 13.2 Å². The molecule has 4 rings (SSSR count). The minimum atomic E-state index is -4.15. The fraction of sp³-hybridized carbons (Fsp3) is 0.364. The quantitative estimate of drug-likeness (QED) is 0.487. The van der Waals surface area contributed by atoms with E-state index in [1.54, 1.807) is 0 Å². The molecule has 0 unspecified atom stereocenters. The zero-order chi connectivity index (χ0) is 18.9. The van der Waals surface area contributed by atoms with Gasteiger partial charge in [0.05, 0.1) is 0 Å². The number of fused-ring (bicyclic) bond motifs is 2. The summed E-state index contributed by atoms with van der Waals surface area (Å²) in [5.74, 6) is 0. The highest BCUT2D eigenvalue weighted by Crippen LogP contribution is 2.39. The molecule has 0 saturated carbocycles. The van der Waals surface area contributed by atoms with Gasteiger partial charge in [0.1, 0.15) is 0 Å². The van der Waals surface area contributed by atoms with Gasteiger partial charge in [-0.1, -0.05) is 48.5 Å². The molecular formula is C22H25Cl2F3N2. The Bertz CT molecular complexity index is 886. The fourth-order valence-corrected chi connectivity index (χ4v) is 4.21. The maximum Gasteiger partial charge on any atom is 0.389 e. The average Bonchev–Trinajstić information content (AvgIpc) is 2.67. The van der Waals surface area contributed by atoms with Gasteiger partial charge >= 0.3 is 6.18 Å². The van der Waals surface area contributed by atoms with E-state index in [1.165, 1.54) is 0 Å². The molecule has 1 atom stereocenters. The standard InChI is InChI=1S/C22H23F3N2.2ClH/c23-22(24,25)10-9-20(27-13-11-26-12-14-27)21-18-7-3-1-5-16(18)15-17-6-2-4-8-19(17)21;;/h1-8,15,20,26H,9-14H2;2*1H/t20-;;/m1../s1. The van der Waals surface area contributed by atoms with E-state index < -0.39 is 12.6 Å². The molecule has 1 aliphatic rings. The van der Waals surface area contributed by atoms with Crippen LogP contribution in [0, 0.1) is 0 Å². The lowest BCUT2D eigenvalue weighted by molar-refractivity contribution is -0.138. The summed E-state index contributed by atoms with van der Waals surface area (Å²) in [4.78, 5) is 2.22. The number of nitrogens with zero attached hydrogens (tertiary/aromatic N) is 1. The number of hydrogen-bond acceptors (Lipinski definition) is 2. The first-order chi connectivity index (χ1) is 13.0. The second-order valence-electron chi connectivity index (χ2n) is 7.19. The van der Waals surface area contributed by atoms with Gasteiger partial charge in [-0.15, -0.1) is 24.8 Å². The van der Waals surface area contributed by atoms with Gasteiger partial charge in [-0.3, -0.25) is 4.90 Å². The molecule has 0 spiro atoms. The van der Waals surface area contributed by atoms with Gasteiger partial charge in [-0.2, -0.15) is 13.2 Å². The van der Waals surface area contributed by atoms with Crippen molar-refractivity contribution in [3.05, 3.63) is 60.2 Å². The zero-order valence-corrected chi connectivity index (χ0v) is 17.5. The number of halogens is 5. The molecule has 29 heavy (non-hydrogen) atoms. The molecule has 3 aromatic rings. The predicted octanol–water partition coefficient (Wildman–Crippen LogP) is 6.13. The van der Waals surface area contributed by atoms with Crippen LogP contribution in [0.3, 0.4) is 0 Å². The summed E-state index contributed by atoms with van der Waals surface area (Å²) in [6.07, 6.45) is -4.83. The van der Waals surface area contributed by atoms with Crippen molar-refractivity contribution in [2.75, 3.05) is 26.2 Å². The monoisotopic (exact) mass is 444 g/mol. The van der Waals surface area contributed by atoms with Crippen molar-refractivity contribution in [2.45, 2.75) is 25.1 Å². The Morgan fingerprint density at radius 3 is 1.90 bits per heavy atom. The number of rotatable bonds is 4. The lowest BCUT2D eigenvalue weighted by Gasteiger charge is -2.36. The maximum atomic E-state index is 13.1.